The molecule has 0 saturated heterocycles. The molecular formula is C7H10O4S. The highest BCUT2D eigenvalue weighted by Crippen LogP contribution is 2.20. The molecule has 0 amide bonds. The van der Waals surface area contributed by atoms with Gasteiger partial charge in [0.1, 0.15) is 11.0 Å². The van der Waals surface area contributed by atoms with E-state index in [1.165, 1.54) is 18.2 Å². The third-order valence-corrected chi connectivity index (χ3v) is 3.03. The van der Waals surface area contributed by atoms with Gasteiger partial charge in [0.25, 0.3) is 10.1 Å². The lowest BCUT2D eigenvalue weighted by Gasteiger charge is -2.17. The Kier molecular flexibility index (Phi) is 2.25. The van der Waals surface area contributed by atoms with E-state index in [1.807, 2.05) is 0 Å². The van der Waals surface area contributed by atoms with E-state index in [-0.39, 0.29) is 5.76 Å². The van der Waals surface area contributed by atoms with Gasteiger partial charge in [0.15, 0.2) is 0 Å². The normalized spacial score (nSPS) is 30.0. The van der Waals surface area contributed by atoms with E-state index in [0.717, 1.165) is 0 Å². The number of hydrogen-bond donors (Lipinski definition) is 2. The molecule has 4 nitrogen and oxygen atoms in total. The monoisotopic (exact) mass is 190 g/mol. The highest BCUT2D eigenvalue weighted by molar-refractivity contribution is 7.86. The molecule has 0 saturated carbocycles. The van der Waals surface area contributed by atoms with Crippen LogP contribution < -0.4 is 0 Å². The van der Waals surface area contributed by atoms with E-state index < -0.39 is 21.3 Å². The number of rotatable bonds is 1. The topological polar surface area (TPSA) is 74.6 Å². The highest BCUT2D eigenvalue weighted by atomic mass is 32.2. The van der Waals surface area contributed by atoms with Gasteiger partial charge >= 0.3 is 0 Å². The largest absolute Gasteiger partial charge is 0.508 e. The second kappa shape index (κ2) is 2.91. The third-order valence-electron chi connectivity index (χ3n) is 1.75. The van der Waals surface area contributed by atoms with Crippen molar-refractivity contribution in [2.24, 2.45) is 5.92 Å². The first-order chi connectivity index (χ1) is 5.41. The van der Waals surface area contributed by atoms with E-state index >= 15 is 0 Å². The van der Waals surface area contributed by atoms with E-state index in [1.54, 1.807) is 6.92 Å². The summed E-state index contributed by atoms with van der Waals surface area (Å²) in [6.07, 6.45) is 3.92. The van der Waals surface area contributed by atoms with Crippen molar-refractivity contribution in [3.63, 3.8) is 0 Å². The fourth-order valence-electron chi connectivity index (χ4n) is 1.16. The van der Waals surface area contributed by atoms with Crippen LogP contribution in [0.2, 0.25) is 0 Å². The average molecular weight is 190 g/mol. The van der Waals surface area contributed by atoms with Crippen molar-refractivity contribution in [3.05, 3.63) is 24.0 Å². The maximum atomic E-state index is 10.7. The highest BCUT2D eigenvalue weighted by Gasteiger charge is 2.27. The quantitative estimate of drug-likeness (QED) is 0.602. The molecule has 0 aromatic carbocycles. The first-order valence-corrected chi connectivity index (χ1v) is 4.97. The van der Waals surface area contributed by atoms with Gasteiger partial charge in [0, 0.05) is 5.92 Å². The Morgan fingerprint density at radius 1 is 1.50 bits per heavy atom. The summed E-state index contributed by atoms with van der Waals surface area (Å²) in [7, 11) is -4.04. The van der Waals surface area contributed by atoms with Crippen LogP contribution in [0.4, 0.5) is 0 Å². The van der Waals surface area contributed by atoms with Crippen molar-refractivity contribution >= 4 is 10.1 Å². The zero-order valence-corrected chi connectivity index (χ0v) is 7.32. The van der Waals surface area contributed by atoms with Gasteiger partial charge < -0.3 is 5.11 Å². The van der Waals surface area contributed by atoms with Crippen molar-refractivity contribution in [1.29, 1.82) is 0 Å². The zero-order chi connectivity index (χ0) is 9.35. The van der Waals surface area contributed by atoms with Crippen molar-refractivity contribution in [2.75, 3.05) is 0 Å². The van der Waals surface area contributed by atoms with Crippen molar-refractivity contribution < 1.29 is 18.1 Å². The average Bonchev–Trinajstić information content (AvgIpc) is 1.83. The predicted octanol–water partition coefficient (Wildman–Crippen LogP) is 0.891. The second-order valence-electron chi connectivity index (χ2n) is 2.79. The van der Waals surface area contributed by atoms with Crippen LogP contribution in [0.3, 0.4) is 0 Å². The summed E-state index contributed by atoms with van der Waals surface area (Å²) in [5, 5.41) is 8.02. The lowest BCUT2D eigenvalue weighted by atomic mass is 10.0. The predicted molar refractivity (Wildman–Crippen MR) is 44.4 cm³/mol. The number of allylic oxidation sites excluding steroid dienone is 2. The van der Waals surface area contributed by atoms with Gasteiger partial charge in [-0.3, -0.25) is 4.55 Å². The Morgan fingerprint density at radius 2 is 2.08 bits per heavy atom. The maximum absolute atomic E-state index is 10.7. The fraction of sp³-hybridized carbons (Fsp3) is 0.429. The van der Waals surface area contributed by atoms with Gasteiger partial charge in [-0.2, -0.15) is 8.42 Å². The summed E-state index contributed by atoms with van der Waals surface area (Å²) >= 11 is 0. The first-order valence-electron chi connectivity index (χ1n) is 3.46. The van der Waals surface area contributed by atoms with Crippen molar-refractivity contribution in [1.82, 2.24) is 0 Å². The molecule has 2 atom stereocenters. The third kappa shape index (κ3) is 1.86. The zero-order valence-electron chi connectivity index (χ0n) is 6.51. The number of aliphatic hydroxyl groups excluding tert-OH is 1. The summed E-state index contributed by atoms with van der Waals surface area (Å²) in [5.74, 6) is -0.368. The Balaban J connectivity index is 2.95. The van der Waals surface area contributed by atoms with Crippen LogP contribution in [-0.2, 0) is 10.1 Å². The van der Waals surface area contributed by atoms with Gasteiger partial charge in [-0.15, -0.1) is 0 Å². The molecule has 68 valence electrons. The van der Waals surface area contributed by atoms with Gasteiger partial charge in [-0.05, 0) is 12.2 Å². The molecule has 1 aliphatic carbocycles. The molecule has 2 unspecified atom stereocenters. The Labute approximate surface area is 71.0 Å². The lowest BCUT2D eigenvalue weighted by Crippen LogP contribution is -2.26. The Hall–Kier alpha value is -0.810. The molecular weight excluding hydrogens is 180 g/mol. The van der Waals surface area contributed by atoms with Crippen LogP contribution in [0.25, 0.3) is 0 Å². The van der Waals surface area contributed by atoms with E-state index in [0.29, 0.717) is 0 Å². The molecule has 0 fully saturated rings. The van der Waals surface area contributed by atoms with Gasteiger partial charge in [0.05, 0.1) is 0 Å². The van der Waals surface area contributed by atoms with Crippen LogP contribution in [0, 0.1) is 5.92 Å². The molecule has 1 aliphatic rings. The number of aliphatic hydroxyl groups is 1. The van der Waals surface area contributed by atoms with E-state index in [2.05, 4.69) is 0 Å². The Bertz CT molecular complexity index is 325. The molecule has 0 heterocycles. The summed E-state index contributed by atoms with van der Waals surface area (Å²) in [6.45, 7) is 1.61. The molecule has 0 bridgehead atoms. The first kappa shape index (κ1) is 9.28. The minimum Gasteiger partial charge on any atom is -0.508 e. The molecule has 5 heteroatoms. The van der Waals surface area contributed by atoms with Crippen LogP contribution >= 0.6 is 0 Å². The lowest BCUT2D eigenvalue weighted by molar-refractivity contribution is 0.415. The molecule has 0 spiro atoms. The maximum Gasteiger partial charge on any atom is 0.271 e. The van der Waals surface area contributed by atoms with Gasteiger partial charge in [-0.25, -0.2) is 0 Å². The van der Waals surface area contributed by atoms with Crippen LogP contribution in [0.15, 0.2) is 24.0 Å². The standard InChI is InChI=1S/C7H10O4S/c1-5-4-6(8)2-3-7(5)12(9,10)11/h2-5,7-8H,1H3,(H,9,10,11). The van der Waals surface area contributed by atoms with Crippen LogP contribution in [0.5, 0.6) is 0 Å². The molecule has 2 N–H and O–H groups in total. The summed E-state index contributed by atoms with van der Waals surface area (Å²) in [6, 6.07) is 0. The van der Waals surface area contributed by atoms with E-state index in [9.17, 15) is 8.42 Å². The smallest absolute Gasteiger partial charge is 0.271 e. The summed E-state index contributed by atoms with van der Waals surface area (Å²) in [5.41, 5.74) is 0. The number of hydrogen-bond acceptors (Lipinski definition) is 3. The second-order valence-corrected chi connectivity index (χ2v) is 4.36. The summed E-state index contributed by atoms with van der Waals surface area (Å²) in [4.78, 5) is 0. The minimum absolute atomic E-state index is 0.0300. The van der Waals surface area contributed by atoms with Crippen LogP contribution in [-0.4, -0.2) is 23.3 Å². The summed E-state index contributed by atoms with van der Waals surface area (Å²) < 4.78 is 30.1. The molecule has 0 aromatic heterocycles. The minimum atomic E-state index is -4.04. The molecule has 12 heavy (non-hydrogen) atoms. The SMILES string of the molecule is CC1C=C(O)C=CC1S(=O)(=O)O. The van der Waals surface area contributed by atoms with E-state index in [4.69, 9.17) is 9.66 Å². The van der Waals surface area contributed by atoms with Gasteiger partial charge in [0.2, 0.25) is 0 Å². The molecule has 1 rings (SSSR count). The fourth-order valence-corrected chi connectivity index (χ4v) is 2.06. The molecule has 0 aliphatic heterocycles. The van der Waals surface area contributed by atoms with Crippen molar-refractivity contribution in [2.45, 2.75) is 12.2 Å². The van der Waals surface area contributed by atoms with Crippen molar-refractivity contribution in [3.8, 4) is 0 Å². The Morgan fingerprint density at radius 3 is 2.50 bits per heavy atom. The van der Waals surface area contributed by atoms with Gasteiger partial charge in [-0.1, -0.05) is 13.0 Å². The van der Waals surface area contributed by atoms with Crippen LogP contribution in [0.1, 0.15) is 6.92 Å². The molecule has 0 aromatic rings. The molecule has 0 radical (unpaired) electrons.